The fourth-order valence-corrected chi connectivity index (χ4v) is 3.79. The van der Waals surface area contributed by atoms with Gasteiger partial charge in [-0.3, -0.25) is 4.98 Å². The molecule has 2 aromatic heterocycles. The zero-order valence-corrected chi connectivity index (χ0v) is 14.7. The van der Waals surface area contributed by atoms with Crippen LogP contribution in [-0.2, 0) is 6.42 Å². The first-order valence-electron chi connectivity index (χ1n) is 6.25. The molecule has 1 atom stereocenters. The van der Waals surface area contributed by atoms with Gasteiger partial charge in [0.15, 0.2) is 0 Å². The summed E-state index contributed by atoms with van der Waals surface area (Å²) in [6.45, 7) is 3.20. The van der Waals surface area contributed by atoms with Crippen molar-refractivity contribution >= 4 is 43.2 Å². The molecule has 5 heteroatoms. The van der Waals surface area contributed by atoms with Crippen LogP contribution in [0.3, 0.4) is 0 Å². The summed E-state index contributed by atoms with van der Waals surface area (Å²) in [4.78, 5) is 5.64. The second kappa shape index (κ2) is 7.53. The molecule has 2 heterocycles. The lowest BCUT2D eigenvalue weighted by Crippen LogP contribution is -2.24. The summed E-state index contributed by atoms with van der Waals surface area (Å²) in [5, 5.41) is 5.73. The second-order valence-corrected chi connectivity index (χ2v) is 7.21. The average Bonchev–Trinajstić information content (AvgIpc) is 2.80. The van der Waals surface area contributed by atoms with Crippen LogP contribution in [0, 0.1) is 0 Å². The Hall–Kier alpha value is -0.230. The van der Waals surface area contributed by atoms with Gasteiger partial charge in [-0.25, -0.2) is 0 Å². The largest absolute Gasteiger partial charge is 0.310 e. The molecule has 0 aliphatic heterocycles. The molecule has 2 rings (SSSR count). The molecule has 0 aromatic carbocycles. The third kappa shape index (κ3) is 4.67. The minimum atomic E-state index is 0.315. The van der Waals surface area contributed by atoms with E-state index in [0.717, 1.165) is 28.3 Å². The van der Waals surface area contributed by atoms with Crippen molar-refractivity contribution in [2.24, 2.45) is 0 Å². The van der Waals surface area contributed by atoms with E-state index in [1.807, 2.05) is 12.4 Å². The van der Waals surface area contributed by atoms with Gasteiger partial charge in [0.2, 0.25) is 0 Å². The molecule has 2 aromatic rings. The number of aromatic nitrogens is 1. The molecule has 0 aliphatic rings. The fourth-order valence-electron chi connectivity index (χ4n) is 1.91. The first-order valence-corrected chi connectivity index (χ1v) is 8.72. The van der Waals surface area contributed by atoms with E-state index in [2.05, 4.69) is 66.6 Å². The Morgan fingerprint density at radius 1 is 1.26 bits per heavy atom. The predicted octanol–water partition coefficient (Wildman–Crippen LogP) is 4.95. The lowest BCUT2D eigenvalue weighted by Gasteiger charge is -2.18. The summed E-state index contributed by atoms with van der Waals surface area (Å²) in [5.41, 5.74) is 1.23. The maximum Gasteiger partial charge on any atom is 0.0410 e. The van der Waals surface area contributed by atoms with E-state index in [1.54, 1.807) is 11.3 Å². The van der Waals surface area contributed by atoms with E-state index >= 15 is 0 Å². The fraction of sp³-hybridized carbons (Fsp3) is 0.357. The molecule has 1 N–H and O–H groups in total. The maximum absolute atomic E-state index is 4.27. The third-order valence-corrected chi connectivity index (χ3v) is 4.95. The summed E-state index contributed by atoms with van der Waals surface area (Å²) in [7, 11) is 0. The van der Waals surface area contributed by atoms with Crippen molar-refractivity contribution in [3.63, 3.8) is 0 Å². The summed E-state index contributed by atoms with van der Waals surface area (Å²) in [6.07, 6.45) is 5.89. The zero-order chi connectivity index (χ0) is 13.7. The highest BCUT2D eigenvalue weighted by Gasteiger charge is 2.13. The number of nitrogens with one attached hydrogen (secondary N) is 1. The predicted molar refractivity (Wildman–Crippen MR) is 88.7 cm³/mol. The standard InChI is InChI=1S/C14H16Br2N2S/c1-2-3-18-14(6-13-5-12(16)9-19-13)10-4-11(15)8-17-7-10/h4-5,7-9,14,18H,2-3,6H2,1H3. The molecular weight excluding hydrogens is 388 g/mol. The van der Waals surface area contributed by atoms with Crippen molar-refractivity contribution in [1.29, 1.82) is 0 Å². The SMILES string of the molecule is CCCNC(Cc1cc(Br)cs1)c1cncc(Br)c1. The van der Waals surface area contributed by atoms with Gasteiger partial charge in [-0.05, 0) is 62.5 Å². The van der Waals surface area contributed by atoms with Gasteiger partial charge in [0.1, 0.15) is 0 Å². The van der Waals surface area contributed by atoms with Crippen LogP contribution < -0.4 is 5.32 Å². The van der Waals surface area contributed by atoms with Crippen molar-refractivity contribution in [3.8, 4) is 0 Å². The van der Waals surface area contributed by atoms with Gasteiger partial charge in [-0.2, -0.15) is 0 Å². The maximum atomic E-state index is 4.27. The third-order valence-electron chi connectivity index (χ3n) is 2.80. The minimum absolute atomic E-state index is 0.315. The molecule has 0 saturated carbocycles. The number of nitrogens with zero attached hydrogens (tertiary/aromatic N) is 1. The van der Waals surface area contributed by atoms with E-state index < -0.39 is 0 Å². The molecule has 0 fully saturated rings. The second-order valence-electron chi connectivity index (χ2n) is 4.38. The summed E-state index contributed by atoms with van der Waals surface area (Å²) in [5.74, 6) is 0. The van der Waals surface area contributed by atoms with Crippen molar-refractivity contribution in [1.82, 2.24) is 10.3 Å². The van der Waals surface area contributed by atoms with Crippen molar-refractivity contribution in [3.05, 3.63) is 49.3 Å². The Morgan fingerprint density at radius 3 is 2.74 bits per heavy atom. The smallest absolute Gasteiger partial charge is 0.0410 e. The molecule has 102 valence electrons. The number of rotatable bonds is 6. The van der Waals surface area contributed by atoms with Crippen LogP contribution in [0.25, 0.3) is 0 Å². The highest BCUT2D eigenvalue weighted by Crippen LogP contribution is 2.26. The van der Waals surface area contributed by atoms with Crippen molar-refractivity contribution in [2.45, 2.75) is 25.8 Å². The van der Waals surface area contributed by atoms with Crippen LogP contribution in [-0.4, -0.2) is 11.5 Å². The Balaban J connectivity index is 2.15. The van der Waals surface area contributed by atoms with Crippen LogP contribution >= 0.6 is 43.2 Å². The Labute approximate surface area is 134 Å². The van der Waals surface area contributed by atoms with Gasteiger partial charge in [-0.15, -0.1) is 11.3 Å². The van der Waals surface area contributed by atoms with Gasteiger partial charge < -0.3 is 5.32 Å². The lowest BCUT2D eigenvalue weighted by atomic mass is 10.0. The Bertz CT molecular complexity index is 528. The number of hydrogen-bond acceptors (Lipinski definition) is 3. The van der Waals surface area contributed by atoms with E-state index in [1.165, 1.54) is 10.4 Å². The van der Waals surface area contributed by atoms with E-state index in [-0.39, 0.29) is 0 Å². The molecule has 0 saturated heterocycles. The van der Waals surface area contributed by atoms with Gasteiger partial charge in [0, 0.05) is 44.1 Å². The van der Waals surface area contributed by atoms with E-state index in [0.29, 0.717) is 6.04 Å². The van der Waals surface area contributed by atoms with Gasteiger partial charge in [0.05, 0.1) is 0 Å². The highest BCUT2D eigenvalue weighted by atomic mass is 79.9. The monoisotopic (exact) mass is 402 g/mol. The normalized spacial score (nSPS) is 12.6. The Kier molecular flexibility index (Phi) is 6.01. The zero-order valence-electron chi connectivity index (χ0n) is 10.7. The van der Waals surface area contributed by atoms with Crippen LogP contribution in [0.15, 0.2) is 38.9 Å². The molecule has 2 nitrogen and oxygen atoms in total. The number of hydrogen-bond donors (Lipinski definition) is 1. The number of pyridine rings is 1. The van der Waals surface area contributed by atoms with Crippen LogP contribution in [0.5, 0.6) is 0 Å². The van der Waals surface area contributed by atoms with Crippen LogP contribution in [0.4, 0.5) is 0 Å². The molecule has 0 radical (unpaired) electrons. The van der Waals surface area contributed by atoms with Gasteiger partial charge >= 0.3 is 0 Å². The summed E-state index contributed by atoms with van der Waals surface area (Å²) < 4.78 is 2.19. The Morgan fingerprint density at radius 2 is 2.11 bits per heavy atom. The number of halogens is 2. The van der Waals surface area contributed by atoms with Crippen LogP contribution in [0.2, 0.25) is 0 Å². The van der Waals surface area contributed by atoms with Crippen LogP contribution in [0.1, 0.15) is 29.8 Å². The summed E-state index contributed by atoms with van der Waals surface area (Å²) >= 11 is 8.80. The minimum Gasteiger partial charge on any atom is -0.310 e. The molecule has 19 heavy (non-hydrogen) atoms. The molecule has 0 bridgehead atoms. The van der Waals surface area contributed by atoms with Gasteiger partial charge in [0.25, 0.3) is 0 Å². The van der Waals surface area contributed by atoms with E-state index in [9.17, 15) is 0 Å². The molecular formula is C14H16Br2N2S. The lowest BCUT2D eigenvalue weighted by molar-refractivity contribution is 0.530. The van der Waals surface area contributed by atoms with Crippen molar-refractivity contribution < 1.29 is 0 Å². The first-order chi connectivity index (χ1) is 9.19. The number of thiophene rings is 1. The van der Waals surface area contributed by atoms with Crippen molar-refractivity contribution in [2.75, 3.05) is 6.54 Å². The molecule has 1 unspecified atom stereocenters. The van der Waals surface area contributed by atoms with E-state index in [4.69, 9.17) is 0 Å². The first kappa shape index (κ1) is 15.2. The highest BCUT2D eigenvalue weighted by molar-refractivity contribution is 9.10. The molecule has 0 spiro atoms. The topological polar surface area (TPSA) is 24.9 Å². The molecule has 0 amide bonds. The summed E-state index contributed by atoms with van der Waals surface area (Å²) in [6, 6.07) is 4.65. The quantitative estimate of drug-likeness (QED) is 0.737. The van der Waals surface area contributed by atoms with Gasteiger partial charge in [-0.1, -0.05) is 6.92 Å². The molecule has 0 aliphatic carbocycles. The average molecular weight is 404 g/mol.